The molecule has 0 radical (unpaired) electrons. The fourth-order valence-electron chi connectivity index (χ4n) is 3.95. The predicted molar refractivity (Wildman–Crippen MR) is 132 cm³/mol. The van der Waals surface area contributed by atoms with Gasteiger partial charge in [-0.3, -0.25) is 4.98 Å². The van der Waals surface area contributed by atoms with Gasteiger partial charge < -0.3 is 14.2 Å². The summed E-state index contributed by atoms with van der Waals surface area (Å²) in [6, 6.07) is 12.6. The molecule has 7 heteroatoms. The fraction of sp³-hybridized carbons (Fsp3) is 0.385. The van der Waals surface area contributed by atoms with Crippen LogP contribution in [0.1, 0.15) is 43.8 Å². The zero-order valence-electron chi connectivity index (χ0n) is 20.0. The smallest absolute Gasteiger partial charge is 0.318 e. The van der Waals surface area contributed by atoms with Crippen LogP contribution in [0.5, 0.6) is 6.01 Å². The van der Waals surface area contributed by atoms with E-state index in [4.69, 9.17) is 14.7 Å². The van der Waals surface area contributed by atoms with Crippen molar-refractivity contribution in [1.82, 2.24) is 24.5 Å². The van der Waals surface area contributed by atoms with Crippen LogP contribution in [0.2, 0.25) is 0 Å². The number of hydrogen-bond donors (Lipinski definition) is 0. The van der Waals surface area contributed by atoms with Crippen LogP contribution < -0.4 is 9.64 Å². The number of ether oxygens (including phenoxy) is 1. The second-order valence-corrected chi connectivity index (χ2v) is 8.22. The van der Waals surface area contributed by atoms with Gasteiger partial charge in [0.2, 0.25) is 0 Å². The van der Waals surface area contributed by atoms with Crippen molar-refractivity contribution in [2.75, 3.05) is 24.6 Å². The highest BCUT2D eigenvalue weighted by Crippen LogP contribution is 2.29. The van der Waals surface area contributed by atoms with E-state index in [2.05, 4.69) is 52.3 Å². The maximum absolute atomic E-state index is 6.00. The van der Waals surface area contributed by atoms with Crippen molar-refractivity contribution in [3.63, 3.8) is 0 Å². The molecule has 0 N–H and O–H groups in total. The van der Waals surface area contributed by atoms with Crippen LogP contribution in [-0.2, 0) is 6.42 Å². The molecule has 0 saturated heterocycles. The zero-order chi connectivity index (χ0) is 23.2. The van der Waals surface area contributed by atoms with Crippen molar-refractivity contribution in [2.24, 2.45) is 0 Å². The lowest BCUT2D eigenvalue weighted by molar-refractivity contribution is 0.296. The second-order valence-electron chi connectivity index (χ2n) is 8.22. The molecule has 0 amide bonds. The number of anilines is 1. The molecule has 0 saturated carbocycles. The zero-order valence-corrected chi connectivity index (χ0v) is 20.0. The third-order valence-electron chi connectivity index (χ3n) is 5.77. The highest BCUT2D eigenvalue weighted by Gasteiger charge is 2.16. The summed E-state index contributed by atoms with van der Waals surface area (Å²) in [7, 11) is 0. The van der Waals surface area contributed by atoms with E-state index in [-0.39, 0.29) is 0 Å². The number of aromatic nitrogens is 5. The van der Waals surface area contributed by atoms with Crippen molar-refractivity contribution in [1.29, 1.82) is 0 Å². The molecule has 1 aromatic carbocycles. The fourth-order valence-corrected chi connectivity index (χ4v) is 3.95. The maximum Gasteiger partial charge on any atom is 0.318 e. The minimum atomic E-state index is 0.410. The summed E-state index contributed by atoms with van der Waals surface area (Å²) in [4.78, 5) is 20.8. The van der Waals surface area contributed by atoms with Crippen LogP contribution in [0.3, 0.4) is 0 Å². The lowest BCUT2D eigenvalue weighted by atomic mass is 10.2. The summed E-state index contributed by atoms with van der Waals surface area (Å²) in [6.45, 7) is 10.8. The van der Waals surface area contributed by atoms with E-state index in [1.807, 2.05) is 37.5 Å². The molecule has 0 spiro atoms. The van der Waals surface area contributed by atoms with Gasteiger partial charge in [-0.1, -0.05) is 19.9 Å². The molecule has 0 atom stereocenters. The number of pyridine rings is 1. The average molecular weight is 445 g/mol. The topological polar surface area (TPSA) is 69.0 Å². The van der Waals surface area contributed by atoms with Crippen LogP contribution in [-0.4, -0.2) is 44.2 Å². The van der Waals surface area contributed by atoms with E-state index in [1.165, 1.54) is 0 Å². The van der Waals surface area contributed by atoms with Gasteiger partial charge in [-0.15, -0.1) is 0 Å². The van der Waals surface area contributed by atoms with E-state index < -0.39 is 0 Å². The molecule has 172 valence electrons. The second kappa shape index (κ2) is 10.4. The third-order valence-corrected chi connectivity index (χ3v) is 5.77. The normalized spacial score (nSPS) is 11.2. The van der Waals surface area contributed by atoms with E-state index in [9.17, 15) is 0 Å². The molecule has 33 heavy (non-hydrogen) atoms. The van der Waals surface area contributed by atoms with Gasteiger partial charge in [-0.05, 0) is 57.0 Å². The number of aryl methyl sites for hydroxylation is 1. The summed E-state index contributed by atoms with van der Waals surface area (Å²) in [5, 5.41) is 1.03. The number of benzene rings is 1. The van der Waals surface area contributed by atoms with Crippen LogP contribution in [0, 0.1) is 13.8 Å². The summed E-state index contributed by atoms with van der Waals surface area (Å²) in [6.07, 6.45) is 6.47. The monoisotopic (exact) mass is 444 g/mol. The average Bonchev–Trinajstić information content (AvgIpc) is 3.17. The Hall–Kier alpha value is -3.48. The number of nitrogens with zero attached hydrogens (tertiary/aromatic N) is 6. The minimum Gasteiger partial charge on any atom is -0.463 e. The third kappa shape index (κ3) is 5.13. The first-order valence-electron chi connectivity index (χ1n) is 11.7. The van der Waals surface area contributed by atoms with Gasteiger partial charge in [0.05, 0.1) is 24.1 Å². The van der Waals surface area contributed by atoms with Gasteiger partial charge >= 0.3 is 6.01 Å². The Morgan fingerprint density at radius 1 is 0.970 bits per heavy atom. The number of hydrogen-bond acceptors (Lipinski definition) is 6. The van der Waals surface area contributed by atoms with Crippen molar-refractivity contribution in [3.8, 4) is 11.7 Å². The molecular weight excluding hydrogens is 412 g/mol. The van der Waals surface area contributed by atoms with Gasteiger partial charge in [0.15, 0.2) is 0 Å². The summed E-state index contributed by atoms with van der Waals surface area (Å²) in [5.41, 5.74) is 5.09. The Morgan fingerprint density at radius 2 is 1.79 bits per heavy atom. The van der Waals surface area contributed by atoms with Gasteiger partial charge in [0.25, 0.3) is 0 Å². The van der Waals surface area contributed by atoms with Gasteiger partial charge in [0.1, 0.15) is 5.82 Å². The van der Waals surface area contributed by atoms with Gasteiger partial charge in [0, 0.05) is 48.2 Å². The lowest BCUT2D eigenvalue weighted by Gasteiger charge is -2.24. The summed E-state index contributed by atoms with van der Waals surface area (Å²) >= 11 is 0. The molecule has 4 aromatic rings. The van der Waals surface area contributed by atoms with E-state index >= 15 is 0 Å². The van der Waals surface area contributed by atoms with E-state index in [0.29, 0.717) is 19.0 Å². The largest absolute Gasteiger partial charge is 0.463 e. The SMILES string of the molecule is CCCN(CCC)c1nc(OCCc2ccccn2)nc2ccc(-n3cnc(C)c3C)cc12. The van der Waals surface area contributed by atoms with E-state index in [0.717, 1.165) is 65.4 Å². The molecule has 7 nitrogen and oxygen atoms in total. The van der Waals surface area contributed by atoms with Crippen molar-refractivity contribution in [2.45, 2.75) is 47.0 Å². The Bertz CT molecular complexity index is 1200. The Morgan fingerprint density at radius 3 is 2.45 bits per heavy atom. The van der Waals surface area contributed by atoms with Crippen LogP contribution >= 0.6 is 0 Å². The quantitative estimate of drug-likeness (QED) is 0.340. The van der Waals surface area contributed by atoms with Crippen LogP contribution in [0.15, 0.2) is 48.9 Å². The molecule has 0 aliphatic heterocycles. The maximum atomic E-state index is 6.00. The number of imidazole rings is 1. The standard InChI is InChI=1S/C26H32N6O/c1-5-14-31(15-6-2)25-23-17-22(32-18-28-19(3)20(32)4)10-11-24(23)29-26(30-25)33-16-12-21-9-7-8-13-27-21/h7-11,13,17-18H,5-6,12,14-16H2,1-4H3. The Kier molecular flexibility index (Phi) is 7.17. The number of fused-ring (bicyclic) bond motifs is 1. The molecule has 0 fully saturated rings. The molecule has 0 bridgehead atoms. The predicted octanol–water partition coefficient (Wildman–Crippen LogP) is 5.08. The molecule has 4 rings (SSSR count). The molecule has 0 aliphatic rings. The van der Waals surface area contributed by atoms with Crippen molar-refractivity contribution in [3.05, 3.63) is 66.0 Å². The first-order valence-corrected chi connectivity index (χ1v) is 11.7. The van der Waals surface area contributed by atoms with E-state index in [1.54, 1.807) is 6.20 Å². The first-order chi connectivity index (χ1) is 16.1. The van der Waals surface area contributed by atoms with Crippen molar-refractivity contribution >= 4 is 16.7 Å². The van der Waals surface area contributed by atoms with Crippen molar-refractivity contribution < 1.29 is 4.74 Å². The van der Waals surface area contributed by atoms with Gasteiger partial charge in [-0.25, -0.2) is 4.98 Å². The highest BCUT2D eigenvalue weighted by molar-refractivity contribution is 5.91. The lowest BCUT2D eigenvalue weighted by Crippen LogP contribution is -2.26. The van der Waals surface area contributed by atoms with Gasteiger partial charge in [-0.2, -0.15) is 9.97 Å². The summed E-state index contributed by atoms with van der Waals surface area (Å²) in [5.74, 6) is 0.924. The number of rotatable bonds is 10. The summed E-state index contributed by atoms with van der Waals surface area (Å²) < 4.78 is 8.11. The molecule has 3 heterocycles. The van der Waals surface area contributed by atoms with Crippen LogP contribution in [0.4, 0.5) is 5.82 Å². The Labute approximate surface area is 195 Å². The highest BCUT2D eigenvalue weighted by atomic mass is 16.5. The Balaban J connectivity index is 1.71. The molecule has 3 aromatic heterocycles. The molecule has 0 aliphatic carbocycles. The first kappa shape index (κ1) is 22.7. The minimum absolute atomic E-state index is 0.410. The van der Waals surface area contributed by atoms with Crippen LogP contribution in [0.25, 0.3) is 16.6 Å². The molecule has 0 unspecified atom stereocenters. The molecular formula is C26H32N6O.